The van der Waals surface area contributed by atoms with Crippen LogP contribution in [0, 0.1) is 12.8 Å². The normalized spacial score (nSPS) is 18.4. The van der Waals surface area contributed by atoms with E-state index in [1.54, 1.807) is 21.0 Å². The fraction of sp³-hybridized carbons (Fsp3) is 0.583. The van der Waals surface area contributed by atoms with Gasteiger partial charge in [0.25, 0.3) is 5.91 Å². The van der Waals surface area contributed by atoms with Crippen molar-refractivity contribution in [2.24, 2.45) is 5.92 Å². The number of ether oxygens (including phenoxy) is 1. The number of carbonyl (C=O) groups excluding carboxylic acids is 2. The van der Waals surface area contributed by atoms with Gasteiger partial charge in [-0.1, -0.05) is 11.3 Å². The molecule has 0 aromatic carbocycles. The van der Waals surface area contributed by atoms with Gasteiger partial charge in [0.2, 0.25) is 5.91 Å². The lowest BCUT2D eigenvalue weighted by molar-refractivity contribution is -0.119. The Morgan fingerprint density at radius 3 is 2.79 bits per heavy atom. The van der Waals surface area contributed by atoms with E-state index < -0.39 is 0 Å². The highest BCUT2D eigenvalue weighted by molar-refractivity contribution is 7.17. The van der Waals surface area contributed by atoms with E-state index in [9.17, 15) is 9.59 Å². The molecule has 0 radical (unpaired) electrons. The molecule has 19 heavy (non-hydrogen) atoms. The number of amides is 2. The van der Waals surface area contributed by atoms with E-state index in [-0.39, 0.29) is 17.7 Å². The summed E-state index contributed by atoms with van der Waals surface area (Å²) in [6, 6.07) is 0. The molecule has 1 aliphatic rings. The Labute approximate surface area is 115 Å². The van der Waals surface area contributed by atoms with E-state index in [0.717, 1.165) is 6.42 Å². The highest BCUT2D eigenvalue weighted by Gasteiger charge is 2.25. The SMILES string of the molecule is Cc1nc(NC(=O)C2CCOC2)sc1C(=O)N(C)C. The van der Waals surface area contributed by atoms with Gasteiger partial charge in [-0.05, 0) is 13.3 Å². The van der Waals surface area contributed by atoms with E-state index in [4.69, 9.17) is 4.74 Å². The van der Waals surface area contributed by atoms with Gasteiger partial charge in [0, 0.05) is 20.7 Å². The Hall–Kier alpha value is -1.47. The summed E-state index contributed by atoms with van der Waals surface area (Å²) in [6.45, 7) is 2.85. The number of aromatic nitrogens is 1. The summed E-state index contributed by atoms with van der Waals surface area (Å²) in [5, 5.41) is 3.23. The number of aryl methyl sites for hydroxylation is 1. The van der Waals surface area contributed by atoms with Gasteiger partial charge in [-0.2, -0.15) is 0 Å². The lowest BCUT2D eigenvalue weighted by Crippen LogP contribution is -2.22. The molecule has 1 atom stereocenters. The second kappa shape index (κ2) is 5.66. The average Bonchev–Trinajstić information content (AvgIpc) is 2.97. The maximum atomic E-state index is 11.9. The highest BCUT2D eigenvalue weighted by atomic mass is 32.1. The molecule has 1 saturated heterocycles. The quantitative estimate of drug-likeness (QED) is 0.902. The fourth-order valence-electron chi connectivity index (χ4n) is 1.80. The minimum Gasteiger partial charge on any atom is -0.381 e. The summed E-state index contributed by atoms with van der Waals surface area (Å²) in [4.78, 5) is 30.1. The summed E-state index contributed by atoms with van der Waals surface area (Å²) in [7, 11) is 3.38. The van der Waals surface area contributed by atoms with Crippen molar-refractivity contribution in [1.82, 2.24) is 9.88 Å². The molecule has 2 rings (SSSR count). The first-order valence-electron chi connectivity index (χ1n) is 6.06. The lowest BCUT2D eigenvalue weighted by atomic mass is 10.1. The van der Waals surface area contributed by atoms with Crippen LogP contribution in [-0.2, 0) is 9.53 Å². The Balaban J connectivity index is 2.07. The molecule has 1 aromatic heterocycles. The van der Waals surface area contributed by atoms with Gasteiger partial charge >= 0.3 is 0 Å². The molecule has 1 fully saturated rings. The third-order valence-electron chi connectivity index (χ3n) is 2.93. The molecule has 0 aliphatic carbocycles. The molecule has 104 valence electrons. The first-order valence-corrected chi connectivity index (χ1v) is 6.88. The summed E-state index contributed by atoms with van der Waals surface area (Å²) >= 11 is 1.21. The topological polar surface area (TPSA) is 71.5 Å². The molecule has 2 heterocycles. The van der Waals surface area contributed by atoms with Gasteiger partial charge in [0.05, 0.1) is 18.2 Å². The predicted molar refractivity (Wildman–Crippen MR) is 72.4 cm³/mol. The zero-order chi connectivity index (χ0) is 14.0. The molecule has 1 aromatic rings. The van der Waals surface area contributed by atoms with Crippen LogP contribution >= 0.6 is 11.3 Å². The van der Waals surface area contributed by atoms with Crippen molar-refractivity contribution in [2.75, 3.05) is 32.6 Å². The predicted octanol–water partition coefficient (Wildman–Crippen LogP) is 1.13. The molecular weight excluding hydrogens is 266 g/mol. The summed E-state index contributed by atoms with van der Waals surface area (Å²) in [5.74, 6) is -0.299. The zero-order valence-electron chi connectivity index (χ0n) is 11.2. The number of hydrogen-bond acceptors (Lipinski definition) is 5. The largest absolute Gasteiger partial charge is 0.381 e. The zero-order valence-corrected chi connectivity index (χ0v) is 12.0. The molecule has 1 unspecified atom stereocenters. The molecule has 6 nitrogen and oxygen atoms in total. The fourth-order valence-corrected chi connectivity index (χ4v) is 2.79. The van der Waals surface area contributed by atoms with E-state index in [1.807, 2.05) is 0 Å². The number of thiazole rings is 1. The van der Waals surface area contributed by atoms with Crippen LogP contribution in [0.4, 0.5) is 5.13 Å². The molecule has 2 amide bonds. The number of nitrogens with one attached hydrogen (secondary N) is 1. The molecule has 1 aliphatic heterocycles. The molecule has 7 heteroatoms. The Morgan fingerprint density at radius 2 is 2.21 bits per heavy atom. The number of carbonyl (C=O) groups is 2. The van der Waals surface area contributed by atoms with Crippen molar-refractivity contribution < 1.29 is 14.3 Å². The van der Waals surface area contributed by atoms with Gasteiger partial charge in [0.15, 0.2) is 5.13 Å². The number of rotatable bonds is 3. The van der Waals surface area contributed by atoms with Crippen molar-refractivity contribution in [3.63, 3.8) is 0 Å². The number of nitrogens with zero attached hydrogens (tertiary/aromatic N) is 2. The average molecular weight is 283 g/mol. The second-order valence-corrected chi connectivity index (χ2v) is 5.68. The van der Waals surface area contributed by atoms with Crippen LogP contribution < -0.4 is 5.32 Å². The van der Waals surface area contributed by atoms with E-state index in [1.165, 1.54) is 16.2 Å². The van der Waals surface area contributed by atoms with Crippen LogP contribution in [-0.4, -0.2) is 49.0 Å². The number of hydrogen-bond donors (Lipinski definition) is 1. The van der Waals surface area contributed by atoms with Gasteiger partial charge in [-0.25, -0.2) is 4.98 Å². The third-order valence-corrected chi connectivity index (χ3v) is 3.99. The van der Waals surface area contributed by atoms with Crippen molar-refractivity contribution in [3.8, 4) is 0 Å². The molecule has 1 N–H and O–H groups in total. The van der Waals surface area contributed by atoms with Crippen LogP contribution in [0.5, 0.6) is 0 Å². The van der Waals surface area contributed by atoms with Crippen molar-refractivity contribution >= 4 is 28.3 Å². The van der Waals surface area contributed by atoms with Crippen LogP contribution in [0.2, 0.25) is 0 Å². The lowest BCUT2D eigenvalue weighted by Gasteiger charge is -2.08. The maximum absolute atomic E-state index is 11.9. The number of anilines is 1. The van der Waals surface area contributed by atoms with Gasteiger partial charge in [-0.15, -0.1) is 0 Å². The Morgan fingerprint density at radius 1 is 1.47 bits per heavy atom. The van der Waals surface area contributed by atoms with Gasteiger partial charge < -0.3 is 15.0 Å². The smallest absolute Gasteiger partial charge is 0.265 e. The first-order chi connectivity index (χ1) is 8.99. The van der Waals surface area contributed by atoms with Crippen LogP contribution in [0.15, 0.2) is 0 Å². The van der Waals surface area contributed by atoms with Gasteiger partial charge in [-0.3, -0.25) is 9.59 Å². The Kier molecular flexibility index (Phi) is 4.16. The molecule has 0 saturated carbocycles. The standard InChI is InChI=1S/C12H17N3O3S/c1-7-9(11(17)15(2)3)19-12(13-7)14-10(16)8-4-5-18-6-8/h8H,4-6H2,1-3H3,(H,13,14,16). The van der Waals surface area contributed by atoms with Crippen LogP contribution in [0.25, 0.3) is 0 Å². The van der Waals surface area contributed by atoms with E-state index in [0.29, 0.717) is 28.9 Å². The van der Waals surface area contributed by atoms with Gasteiger partial charge in [0.1, 0.15) is 4.88 Å². The van der Waals surface area contributed by atoms with E-state index in [2.05, 4.69) is 10.3 Å². The van der Waals surface area contributed by atoms with Crippen molar-refractivity contribution in [1.29, 1.82) is 0 Å². The molecule has 0 bridgehead atoms. The van der Waals surface area contributed by atoms with Crippen molar-refractivity contribution in [3.05, 3.63) is 10.6 Å². The van der Waals surface area contributed by atoms with E-state index >= 15 is 0 Å². The third kappa shape index (κ3) is 3.10. The molecular formula is C12H17N3O3S. The van der Waals surface area contributed by atoms with Crippen molar-refractivity contribution in [2.45, 2.75) is 13.3 Å². The second-order valence-electron chi connectivity index (χ2n) is 4.68. The minimum absolute atomic E-state index is 0.0879. The monoisotopic (exact) mass is 283 g/mol. The Bertz CT molecular complexity index is 492. The van der Waals surface area contributed by atoms with Crippen LogP contribution in [0.1, 0.15) is 21.8 Å². The molecule has 0 spiro atoms. The maximum Gasteiger partial charge on any atom is 0.265 e. The minimum atomic E-state index is -0.114. The summed E-state index contributed by atoms with van der Waals surface area (Å²) in [6.07, 6.45) is 0.736. The van der Waals surface area contributed by atoms with Crippen LogP contribution in [0.3, 0.4) is 0 Å². The first kappa shape index (κ1) is 14.0. The summed E-state index contributed by atoms with van der Waals surface area (Å²) < 4.78 is 5.18. The summed E-state index contributed by atoms with van der Waals surface area (Å²) in [5.41, 5.74) is 0.640. The highest BCUT2D eigenvalue weighted by Crippen LogP contribution is 2.24.